The third-order valence-corrected chi connectivity index (χ3v) is 3.95. The molecule has 1 aliphatic carbocycles. The van der Waals surface area contributed by atoms with Crippen LogP contribution in [0.25, 0.3) is 0 Å². The number of rotatable bonds is 8. The molecule has 1 fully saturated rings. The molecule has 4 heteroatoms. The zero-order valence-electron chi connectivity index (χ0n) is 13.3. The Morgan fingerprint density at radius 1 is 1.15 bits per heavy atom. The van der Waals surface area contributed by atoms with Gasteiger partial charge < -0.3 is 10.6 Å². The van der Waals surface area contributed by atoms with Gasteiger partial charge in [-0.15, -0.1) is 0 Å². The van der Waals surface area contributed by atoms with Gasteiger partial charge in [-0.3, -0.25) is 0 Å². The summed E-state index contributed by atoms with van der Waals surface area (Å²) in [5.74, 6) is 3.50. The van der Waals surface area contributed by atoms with Crippen LogP contribution >= 0.6 is 0 Å². The van der Waals surface area contributed by atoms with E-state index in [1.54, 1.807) is 0 Å². The van der Waals surface area contributed by atoms with Crippen LogP contribution in [0.4, 0.5) is 11.6 Å². The second-order valence-electron chi connectivity index (χ2n) is 6.57. The largest absolute Gasteiger partial charge is 0.370 e. The first-order chi connectivity index (χ1) is 9.54. The molecule has 0 radical (unpaired) electrons. The number of nitrogens with zero attached hydrogens (tertiary/aromatic N) is 2. The topological polar surface area (TPSA) is 49.8 Å². The van der Waals surface area contributed by atoms with Crippen molar-refractivity contribution in [1.29, 1.82) is 0 Å². The van der Waals surface area contributed by atoms with Gasteiger partial charge in [-0.25, -0.2) is 9.97 Å². The van der Waals surface area contributed by atoms with Gasteiger partial charge in [0.25, 0.3) is 0 Å². The van der Waals surface area contributed by atoms with E-state index >= 15 is 0 Å². The van der Waals surface area contributed by atoms with Gasteiger partial charge in [0.2, 0.25) is 0 Å². The van der Waals surface area contributed by atoms with Gasteiger partial charge in [0, 0.05) is 25.1 Å². The molecule has 2 N–H and O–H groups in total. The number of hydrogen-bond donors (Lipinski definition) is 2. The third-order valence-electron chi connectivity index (χ3n) is 3.95. The maximum atomic E-state index is 4.68. The molecule has 0 bridgehead atoms. The van der Waals surface area contributed by atoms with E-state index in [0.29, 0.717) is 11.3 Å². The van der Waals surface area contributed by atoms with E-state index in [4.69, 9.17) is 0 Å². The highest BCUT2D eigenvalue weighted by atomic mass is 15.1. The van der Waals surface area contributed by atoms with Gasteiger partial charge in [0.05, 0.1) is 0 Å². The van der Waals surface area contributed by atoms with E-state index in [-0.39, 0.29) is 0 Å². The fraction of sp³-hybridized carbons (Fsp3) is 0.750. The van der Waals surface area contributed by atoms with Crippen LogP contribution in [0.1, 0.15) is 65.1 Å². The maximum absolute atomic E-state index is 4.68. The van der Waals surface area contributed by atoms with Crippen molar-refractivity contribution in [3.05, 3.63) is 11.9 Å². The molecule has 0 amide bonds. The molecule has 0 aromatic carbocycles. The first kappa shape index (κ1) is 15.1. The number of aromatic nitrogens is 2. The Bertz CT molecular complexity index is 438. The average molecular weight is 276 g/mol. The predicted octanol–water partition coefficient (Wildman–Crippen LogP) is 4.02. The van der Waals surface area contributed by atoms with Crippen molar-refractivity contribution in [2.45, 2.75) is 59.3 Å². The van der Waals surface area contributed by atoms with Gasteiger partial charge in [-0.1, -0.05) is 27.7 Å². The SMILES string of the molecule is CCCNc1cc(NCC(C)(C)CC)nc(C2CC2)n1. The molecule has 112 valence electrons. The normalized spacial score (nSPS) is 15.2. The molecule has 0 spiro atoms. The first-order valence-electron chi connectivity index (χ1n) is 7.91. The number of anilines is 2. The van der Waals surface area contributed by atoms with Crippen molar-refractivity contribution >= 4 is 11.6 Å². The van der Waals surface area contributed by atoms with Crippen molar-refractivity contribution in [3.8, 4) is 0 Å². The molecular weight excluding hydrogens is 248 g/mol. The molecule has 1 heterocycles. The minimum absolute atomic E-state index is 0.293. The Balaban J connectivity index is 2.08. The summed E-state index contributed by atoms with van der Waals surface area (Å²) in [6.07, 6.45) is 4.73. The van der Waals surface area contributed by atoms with Crippen LogP contribution in [-0.2, 0) is 0 Å². The summed E-state index contributed by atoms with van der Waals surface area (Å²) < 4.78 is 0. The van der Waals surface area contributed by atoms with Crippen molar-refractivity contribution < 1.29 is 0 Å². The minimum atomic E-state index is 0.293. The Kier molecular flexibility index (Phi) is 4.84. The Morgan fingerprint density at radius 2 is 1.80 bits per heavy atom. The van der Waals surface area contributed by atoms with E-state index in [2.05, 4.69) is 48.3 Å². The molecular formula is C16H28N4. The Hall–Kier alpha value is -1.32. The average Bonchev–Trinajstić information content (AvgIpc) is 3.27. The van der Waals surface area contributed by atoms with E-state index in [1.165, 1.54) is 12.8 Å². The van der Waals surface area contributed by atoms with Crippen molar-refractivity contribution in [2.24, 2.45) is 5.41 Å². The van der Waals surface area contributed by atoms with E-state index in [0.717, 1.165) is 43.4 Å². The van der Waals surface area contributed by atoms with Crippen LogP contribution < -0.4 is 10.6 Å². The van der Waals surface area contributed by atoms with Gasteiger partial charge in [-0.05, 0) is 31.1 Å². The van der Waals surface area contributed by atoms with E-state index < -0.39 is 0 Å². The summed E-state index contributed by atoms with van der Waals surface area (Å²) in [5.41, 5.74) is 0.293. The van der Waals surface area contributed by atoms with Crippen LogP contribution in [0, 0.1) is 5.41 Å². The van der Waals surface area contributed by atoms with Crippen LogP contribution in [0.5, 0.6) is 0 Å². The van der Waals surface area contributed by atoms with Crippen LogP contribution in [-0.4, -0.2) is 23.1 Å². The highest BCUT2D eigenvalue weighted by Gasteiger charge is 2.27. The highest BCUT2D eigenvalue weighted by molar-refractivity contribution is 5.48. The fourth-order valence-electron chi connectivity index (χ4n) is 1.88. The summed E-state index contributed by atoms with van der Waals surface area (Å²) in [6.45, 7) is 10.8. The lowest BCUT2D eigenvalue weighted by molar-refractivity contribution is 0.376. The van der Waals surface area contributed by atoms with E-state index in [1.807, 2.05) is 6.07 Å². The lowest BCUT2D eigenvalue weighted by Crippen LogP contribution is -2.22. The minimum Gasteiger partial charge on any atom is -0.370 e. The van der Waals surface area contributed by atoms with Crippen molar-refractivity contribution in [3.63, 3.8) is 0 Å². The molecule has 1 aromatic rings. The highest BCUT2D eigenvalue weighted by Crippen LogP contribution is 2.38. The Labute approximate surface area is 122 Å². The van der Waals surface area contributed by atoms with Crippen molar-refractivity contribution in [1.82, 2.24) is 9.97 Å². The number of hydrogen-bond acceptors (Lipinski definition) is 4. The van der Waals surface area contributed by atoms with Gasteiger partial charge in [-0.2, -0.15) is 0 Å². The summed E-state index contributed by atoms with van der Waals surface area (Å²) in [6, 6.07) is 2.04. The summed E-state index contributed by atoms with van der Waals surface area (Å²) in [7, 11) is 0. The molecule has 2 rings (SSSR count). The molecule has 0 saturated heterocycles. The zero-order valence-corrected chi connectivity index (χ0v) is 13.3. The van der Waals surface area contributed by atoms with Crippen LogP contribution in [0.2, 0.25) is 0 Å². The predicted molar refractivity (Wildman–Crippen MR) is 85.3 cm³/mol. The first-order valence-corrected chi connectivity index (χ1v) is 7.91. The monoisotopic (exact) mass is 276 g/mol. The molecule has 1 aliphatic rings. The molecule has 1 saturated carbocycles. The molecule has 1 aromatic heterocycles. The van der Waals surface area contributed by atoms with Gasteiger partial charge in [0.15, 0.2) is 0 Å². The molecule has 4 nitrogen and oxygen atoms in total. The third kappa shape index (κ3) is 4.36. The molecule has 0 aliphatic heterocycles. The molecule has 20 heavy (non-hydrogen) atoms. The Morgan fingerprint density at radius 3 is 2.35 bits per heavy atom. The zero-order chi connectivity index (χ0) is 14.6. The standard InChI is InChI=1S/C16H28N4/c1-5-9-17-13-10-14(18-11-16(3,4)6-2)20-15(19-13)12-7-8-12/h10,12H,5-9,11H2,1-4H3,(H2,17,18,19,20). The van der Waals surface area contributed by atoms with Gasteiger partial charge >= 0.3 is 0 Å². The van der Waals surface area contributed by atoms with Crippen molar-refractivity contribution in [2.75, 3.05) is 23.7 Å². The smallest absolute Gasteiger partial charge is 0.136 e. The number of nitrogens with one attached hydrogen (secondary N) is 2. The fourth-order valence-corrected chi connectivity index (χ4v) is 1.88. The lowest BCUT2D eigenvalue weighted by atomic mass is 9.90. The van der Waals surface area contributed by atoms with Crippen LogP contribution in [0.3, 0.4) is 0 Å². The van der Waals surface area contributed by atoms with Gasteiger partial charge in [0.1, 0.15) is 17.5 Å². The second kappa shape index (κ2) is 6.42. The molecule has 0 atom stereocenters. The quantitative estimate of drug-likeness (QED) is 0.753. The summed E-state index contributed by atoms with van der Waals surface area (Å²) in [5, 5.41) is 6.86. The lowest BCUT2D eigenvalue weighted by Gasteiger charge is -2.23. The summed E-state index contributed by atoms with van der Waals surface area (Å²) >= 11 is 0. The maximum Gasteiger partial charge on any atom is 0.136 e. The summed E-state index contributed by atoms with van der Waals surface area (Å²) in [4.78, 5) is 9.31. The molecule has 0 unspecified atom stereocenters. The van der Waals surface area contributed by atoms with E-state index in [9.17, 15) is 0 Å². The second-order valence-corrected chi connectivity index (χ2v) is 6.57. The van der Waals surface area contributed by atoms with Crippen LogP contribution in [0.15, 0.2) is 6.07 Å².